The molecule has 0 aliphatic heterocycles. The van der Waals surface area contributed by atoms with Crippen LogP contribution < -0.4 is 5.73 Å². The summed E-state index contributed by atoms with van der Waals surface area (Å²) in [6.07, 6.45) is 5.38. The van der Waals surface area contributed by atoms with Crippen LogP contribution in [0, 0.1) is 17.6 Å². The monoisotopic (exact) mass is 405 g/mol. The maximum absolute atomic E-state index is 14.9. The molecule has 0 saturated carbocycles. The molecule has 1 atom stereocenters. The number of rotatable bonds is 8. The van der Waals surface area contributed by atoms with E-state index >= 15 is 0 Å². The minimum absolute atomic E-state index is 0.0470. The third-order valence-electron chi connectivity index (χ3n) is 4.48. The highest BCUT2D eigenvalue weighted by Crippen LogP contribution is 2.33. The smallest absolute Gasteiger partial charge is 0.324 e. The van der Waals surface area contributed by atoms with Gasteiger partial charge in [0, 0.05) is 11.6 Å². The summed E-state index contributed by atoms with van der Waals surface area (Å²) in [7, 11) is 0. The van der Waals surface area contributed by atoms with Crippen molar-refractivity contribution in [3.8, 4) is 0 Å². The lowest BCUT2D eigenvalue weighted by Crippen LogP contribution is -2.47. The predicted molar refractivity (Wildman–Crippen MR) is 97.0 cm³/mol. The van der Waals surface area contributed by atoms with Gasteiger partial charge in [-0.2, -0.15) is 10.2 Å². The zero-order valence-corrected chi connectivity index (χ0v) is 15.9. The number of carbonyl (C=O) groups is 1. The Hall–Kier alpha value is -3.21. The molecule has 2 N–H and O–H groups in total. The number of nitrogens with two attached hydrogens (primary N) is 1. The van der Waals surface area contributed by atoms with Crippen molar-refractivity contribution in [1.29, 1.82) is 0 Å². The molecular formula is C18H21F2N7O2. The average Bonchev–Trinajstić information content (AvgIpc) is 3.34. The first-order valence-corrected chi connectivity index (χ1v) is 8.89. The van der Waals surface area contributed by atoms with Gasteiger partial charge in [0.1, 0.15) is 43.0 Å². The van der Waals surface area contributed by atoms with Gasteiger partial charge in [-0.15, -0.1) is 0 Å². The predicted octanol–water partition coefficient (Wildman–Crippen LogP) is 1.27. The number of halogens is 2. The Balaban J connectivity index is 2.12. The largest absolute Gasteiger partial charge is 0.449 e. The number of ether oxygens (including phenoxy) is 1. The molecule has 9 nitrogen and oxygen atoms in total. The van der Waals surface area contributed by atoms with Gasteiger partial charge in [0.05, 0.1) is 13.1 Å². The molecule has 0 aliphatic carbocycles. The molecule has 154 valence electrons. The fraction of sp³-hybridized carbons (Fsp3) is 0.389. The van der Waals surface area contributed by atoms with Gasteiger partial charge >= 0.3 is 5.97 Å². The Kier molecular flexibility index (Phi) is 5.97. The Labute approximate surface area is 165 Å². The van der Waals surface area contributed by atoms with Crippen LogP contribution in [0.2, 0.25) is 0 Å². The molecule has 0 radical (unpaired) electrons. The van der Waals surface area contributed by atoms with Crippen LogP contribution in [0.1, 0.15) is 19.4 Å². The Morgan fingerprint density at radius 2 is 1.72 bits per heavy atom. The lowest BCUT2D eigenvalue weighted by atomic mass is 9.92. The zero-order chi connectivity index (χ0) is 21.0. The molecule has 2 aromatic heterocycles. The molecule has 11 heteroatoms. The van der Waals surface area contributed by atoms with E-state index in [0.29, 0.717) is 0 Å². The third-order valence-corrected chi connectivity index (χ3v) is 4.48. The van der Waals surface area contributed by atoms with Crippen molar-refractivity contribution in [1.82, 2.24) is 29.5 Å². The van der Waals surface area contributed by atoms with Crippen molar-refractivity contribution in [2.45, 2.75) is 38.6 Å². The lowest BCUT2D eigenvalue weighted by molar-refractivity contribution is -0.169. The fourth-order valence-corrected chi connectivity index (χ4v) is 2.88. The normalized spacial score (nSPS) is 12.9. The van der Waals surface area contributed by atoms with E-state index in [1.165, 1.54) is 40.7 Å². The van der Waals surface area contributed by atoms with E-state index in [1.807, 2.05) is 0 Å². The zero-order valence-electron chi connectivity index (χ0n) is 15.9. The second-order valence-corrected chi connectivity index (χ2v) is 7.00. The van der Waals surface area contributed by atoms with Crippen molar-refractivity contribution in [3.05, 3.63) is 60.7 Å². The molecule has 3 rings (SSSR count). The summed E-state index contributed by atoms with van der Waals surface area (Å²) in [4.78, 5) is 20.5. The van der Waals surface area contributed by atoms with Crippen LogP contribution in [0.3, 0.4) is 0 Å². The molecule has 0 amide bonds. The highest BCUT2D eigenvalue weighted by Gasteiger charge is 2.42. The maximum atomic E-state index is 14.9. The number of hydrogen-bond donors (Lipinski definition) is 1. The van der Waals surface area contributed by atoms with Crippen LogP contribution >= 0.6 is 0 Å². The molecule has 0 fully saturated rings. The Morgan fingerprint density at radius 1 is 1.14 bits per heavy atom. The molecule has 29 heavy (non-hydrogen) atoms. The summed E-state index contributed by atoms with van der Waals surface area (Å²) in [5, 5.41) is 8.06. The Bertz CT molecular complexity index is 909. The second kappa shape index (κ2) is 8.43. The van der Waals surface area contributed by atoms with E-state index in [2.05, 4.69) is 20.2 Å². The van der Waals surface area contributed by atoms with Gasteiger partial charge in [-0.05, 0) is 18.1 Å². The number of nitrogens with zero attached hydrogens (tertiary/aromatic N) is 6. The number of benzene rings is 1. The van der Waals surface area contributed by atoms with Gasteiger partial charge in [0.15, 0.2) is 5.60 Å². The molecule has 0 bridgehead atoms. The number of aromatic nitrogens is 6. The molecule has 0 aliphatic rings. The van der Waals surface area contributed by atoms with E-state index in [9.17, 15) is 13.6 Å². The minimum atomic E-state index is -1.64. The topological polar surface area (TPSA) is 114 Å². The first-order chi connectivity index (χ1) is 13.8. The highest BCUT2D eigenvalue weighted by atomic mass is 19.1. The molecule has 1 aromatic carbocycles. The van der Waals surface area contributed by atoms with Gasteiger partial charge in [-0.25, -0.2) is 28.1 Å². The average molecular weight is 405 g/mol. The van der Waals surface area contributed by atoms with Crippen LogP contribution in [0.5, 0.6) is 0 Å². The number of carbonyl (C=O) groups excluding carboxylic acids is 1. The molecule has 2 heterocycles. The fourth-order valence-electron chi connectivity index (χ4n) is 2.88. The summed E-state index contributed by atoms with van der Waals surface area (Å²) in [6, 6.07) is 2.10. The van der Waals surface area contributed by atoms with Crippen LogP contribution in [0.4, 0.5) is 8.78 Å². The van der Waals surface area contributed by atoms with Crippen LogP contribution in [-0.4, -0.2) is 41.5 Å². The molecule has 1 unspecified atom stereocenters. The summed E-state index contributed by atoms with van der Waals surface area (Å²) in [5.41, 5.74) is 4.27. The number of hydrogen-bond acceptors (Lipinski definition) is 7. The van der Waals surface area contributed by atoms with Crippen molar-refractivity contribution in [2.24, 2.45) is 11.7 Å². The van der Waals surface area contributed by atoms with E-state index in [1.54, 1.807) is 13.8 Å². The summed E-state index contributed by atoms with van der Waals surface area (Å²) < 4.78 is 37.0. The lowest BCUT2D eigenvalue weighted by Gasteiger charge is -2.35. The maximum Gasteiger partial charge on any atom is 0.324 e. The van der Waals surface area contributed by atoms with Gasteiger partial charge < -0.3 is 10.5 Å². The minimum Gasteiger partial charge on any atom is -0.449 e. The van der Waals surface area contributed by atoms with Gasteiger partial charge in [0.2, 0.25) is 0 Å². The molecular weight excluding hydrogens is 384 g/mol. The van der Waals surface area contributed by atoms with Gasteiger partial charge in [0.25, 0.3) is 0 Å². The Morgan fingerprint density at radius 3 is 2.17 bits per heavy atom. The summed E-state index contributed by atoms with van der Waals surface area (Å²) >= 11 is 0. The van der Waals surface area contributed by atoms with E-state index in [-0.39, 0.29) is 24.6 Å². The summed E-state index contributed by atoms with van der Waals surface area (Å²) in [5.74, 6) is -2.58. The van der Waals surface area contributed by atoms with E-state index in [0.717, 1.165) is 12.1 Å². The first kappa shape index (κ1) is 20.5. The standard InChI is InChI=1S/C18H21F2N7O2/c1-12(2)16(21)17(28)29-18(6-26-10-22-8-24-26,7-27-11-23-9-25-27)14-4-3-13(19)5-15(14)20/h3-5,8-12,16H,6-7,21H2,1-2H3. The third kappa shape index (κ3) is 4.62. The van der Waals surface area contributed by atoms with Crippen LogP contribution in [0.25, 0.3) is 0 Å². The molecule has 3 aromatic rings. The quantitative estimate of drug-likeness (QED) is 0.562. The van der Waals surface area contributed by atoms with Gasteiger partial charge in [-0.3, -0.25) is 4.79 Å². The SMILES string of the molecule is CC(C)C(N)C(=O)OC(Cn1cncn1)(Cn1cncn1)c1ccc(F)cc1F. The van der Waals surface area contributed by atoms with Crippen molar-refractivity contribution in [3.63, 3.8) is 0 Å². The van der Waals surface area contributed by atoms with Crippen molar-refractivity contribution in [2.75, 3.05) is 0 Å². The van der Waals surface area contributed by atoms with Crippen molar-refractivity contribution >= 4 is 5.97 Å². The highest BCUT2D eigenvalue weighted by molar-refractivity contribution is 5.76. The van der Waals surface area contributed by atoms with Gasteiger partial charge in [-0.1, -0.05) is 13.8 Å². The molecule has 0 spiro atoms. The van der Waals surface area contributed by atoms with E-state index in [4.69, 9.17) is 10.5 Å². The first-order valence-electron chi connectivity index (χ1n) is 8.89. The van der Waals surface area contributed by atoms with E-state index < -0.39 is 29.2 Å². The summed E-state index contributed by atoms with van der Waals surface area (Å²) in [6.45, 7) is 3.32. The van der Waals surface area contributed by atoms with Crippen LogP contribution in [0.15, 0.2) is 43.5 Å². The second-order valence-electron chi connectivity index (χ2n) is 7.00. The van der Waals surface area contributed by atoms with Crippen molar-refractivity contribution < 1.29 is 18.3 Å². The molecule has 0 saturated heterocycles. The van der Waals surface area contributed by atoms with Crippen LogP contribution in [-0.2, 0) is 28.2 Å². The number of esters is 1.